The second-order valence-corrected chi connectivity index (χ2v) is 5.04. The van der Waals surface area contributed by atoms with Crippen molar-refractivity contribution < 1.29 is 9.13 Å². The van der Waals surface area contributed by atoms with E-state index in [2.05, 4.69) is 15.9 Å². The summed E-state index contributed by atoms with van der Waals surface area (Å²) in [6, 6.07) is 14.2. The zero-order chi connectivity index (χ0) is 13.7. The number of hydrogen-bond acceptors (Lipinski definition) is 2. The van der Waals surface area contributed by atoms with Crippen LogP contribution in [-0.2, 0) is 11.3 Å². The molecule has 0 aromatic heterocycles. The summed E-state index contributed by atoms with van der Waals surface area (Å²) in [6.07, 6.45) is -0.303. The Morgan fingerprint density at radius 3 is 2.63 bits per heavy atom. The monoisotopic (exact) mass is 323 g/mol. The van der Waals surface area contributed by atoms with E-state index in [-0.39, 0.29) is 11.9 Å². The Balaban J connectivity index is 2.06. The summed E-state index contributed by atoms with van der Waals surface area (Å²) in [5, 5.41) is 0. The first-order valence-corrected chi connectivity index (χ1v) is 6.80. The molecule has 0 spiro atoms. The van der Waals surface area contributed by atoms with Gasteiger partial charge in [0.1, 0.15) is 5.82 Å². The molecule has 2 aromatic carbocycles. The van der Waals surface area contributed by atoms with Crippen LogP contribution in [0.25, 0.3) is 0 Å². The van der Waals surface area contributed by atoms with Crippen LogP contribution in [0, 0.1) is 5.82 Å². The molecule has 2 N–H and O–H groups in total. The third kappa shape index (κ3) is 3.86. The van der Waals surface area contributed by atoms with Crippen molar-refractivity contribution in [3.8, 4) is 0 Å². The summed E-state index contributed by atoms with van der Waals surface area (Å²) in [4.78, 5) is 0. The maximum Gasteiger partial charge on any atom is 0.123 e. The van der Waals surface area contributed by atoms with Gasteiger partial charge in [-0.25, -0.2) is 4.39 Å². The summed E-state index contributed by atoms with van der Waals surface area (Å²) >= 11 is 3.46. The van der Waals surface area contributed by atoms with Crippen LogP contribution in [0.2, 0.25) is 0 Å². The predicted molar refractivity (Wildman–Crippen MR) is 77.1 cm³/mol. The van der Waals surface area contributed by atoms with Gasteiger partial charge in [0.25, 0.3) is 0 Å². The lowest BCUT2D eigenvalue weighted by Crippen LogP contribution is -2.16. The maximum atomic E-state index is 13.2. The minimum absolute atomic E-state index is 0.277. The average molecular weight is 324 g/mol. The molecule has 4 heteroatoms. The van der Waals surface area contributed by atoms with Crippen LogP contribution in [0.4, 0.5) is 4.39 Å². The van der Waals surface area contributed by atoms with Crippen LogP contribution in [0.3, 0.4) is 0 Å². The Kier molecular flexibility index (Phi) is 5.07. The molecule has 0 heterocycles. The highest BCUT2D eigenvalue weighted by Crippen LogP contribution is 2.22. The van der Waals surface area contributed by atoms with Crippen LogP contribution in [0.15, 0.2) is 53.0 Å². The highest BCUT2D eigenvalue weighted by atomic mass is 79.9. The number of hydrogen-bond donors (Lipinski definition) is 1. The third-order valence-corrected chi connectivity index (χ3v) is 3.61. The van der Waals surface area contributed by atoms with Gasteiger partial charge in [0, 0.05) is 11.0 Å². The first-order chi connectivity index (χ1) is 9.20. The lowest BCUT2D eigenvalue weighted by atomic mass is 10.1. The van der Waals surface area contributed by atoms with Crippen LogP contribution in [0.1, 0.15) is 17.2 Å². The van der Waals surface area contributed by atoms with E-state index in [0.29, 0.717) is 13.2 Å². The fourth-order valence-corrected chi connectivity index (χ4v) is 2.21. The summed E-state index contributed by atoms with van der Waals surface area (Å²) in [5.74, 6) is -0.277. The molecule has 1 unspecified atom stereocenters. The molecule has 0 bridgehead atoms. The van der Waals surface area contributed by atoms with Crippen LogP contribution in [-0.4, -0.2) is 6.54 Å². The largest absolute Gasteiger partial charge is 0.367 e. The van der Waals surface area contributed by atoms with Gasteiger partial charge in [-0.3, -0.25) is 0 Å². The molecule has 1 atom stereocenters. The van der Waals surface area contributed by atoms with Gasteiger partial charge in [-0.15, -0.1) is 0 Å². The van der Waals surface area contributed by atoms with Gasteiger partial charge in [-0.2, -0.15) is 0 Å². The van der Waals surface area contributed by atoms with Crippen molar-refractivity contribution in [1.29, 1.82) is 0 Å². The van der Waals surface area contributed by atoms with Gasteiger partial charge in [0.15, 0.2) is 0 Å². The molecule has 0 aliphatic rings. The second-order valence-electron chi connectivity index (χ2n) is 4.18. The minimum Gasteiger partial charge on any atom is -0.367 e. The summed E-state index contributed by atoms with van der Waals surface area (Å²) in [6.45, 7) is 0.744. The Morgan fingerprint density at radius 2 is 1.95 bits per heavy atom. The van der Waals surface area contributed by atoms with Crippen molar-refractivity contribution >= 4 is 15.9 Å². The zero-order valence-corrected chi connectivity index (χ0v) is 11.9. The third-order valence-electron chi connectivity index (χ3n) is 2.83. The van der Waals surface area contributed by atoms with E-state index >= 15 is 0 Å². The van der Waals surface area contributed by atoms with Crippen molar-refractivity contribution in [2.45, 2.75) is 12.7 Å². The quantitative estimate of drug-likeness (QED) is 0.908. The lowest BCUT2D eigenvalue weighted by molar-refractivity contribution is 0.0451. The van der Waals surface area contributed by atoms with E-state index in [1.165, 1.54) is 12.1 Å². The number of ether oxygens (including phenoxy) is 1. The first-order valence-electron chi connectivity index (χ1n) is 6.01. The number of halogens is 2. The molecule has 0 fully saturated rings. The van der Waals surface area contributed by atoms with Crippen molar-refractivity contribution in [3.05, 3.63) is 69.9 Å². The molecule has 0 saturated carbocycles. The van der Waals surface area contributed by atoms with E-state index in [4.69, 9.17) is 10.5 Å². The second kappa shape index (κ2) is 6.80. The summed E-state index contributed by atoms with van der Waals surface area (Å²) in [7, 11) is 0. The molecule has 0 aliphatic heterocycles. The van der Waals surface area contributed by atoms with E-state index in [9.17, 15) is 4.39 Å². The Morgan fingerprint density at radius 1 is 1.16 bits per heavy atom. The molecule has 0 aliphatic carbocycles. The average Bonchev–Trinajstić information content (AvgIpc) is 2.41. The van der Waals surface area contributed by atoms with Crippen LogP contribution < -0.4 is 5.73 Å². The van der Waals surface area contributed by atoms with Crippen molar-refractivity contribution in [1.82, 2.24) is 0 Å². The Bertz CT molecular complexity index is 547. The fraction of sp³-hybridized carbons (Fsp3) is 0.200. The summed E-state index contributed by atoms with van der Waals surface area (Å²) < 4.78 is 20.0. The highest BCUT2D eigenvalue weighted by molar-refractivity contribution is 9.10. The normalized spacial score (nSPS) is 12.4. The van der Waals surface area contributed by atoms with Crippen molar-refractivity contribution in [2.75, 3.05) is 6.54 Å². The molecular formula is C15H15BrFNO. The molecule has 2 rings (SSSR count). The fourth-order valence-electron chi connectivity index (χ4n) is 1.81. The predicted octanol–water partition coefficient (Wildman–Crippen LogP) is 3.80. The molecule has 2 aromatic rings. The summed E-state index contributed by atoms with van der Waals surface area (Å²) in [5.41, 5.74) is 7.50. The van der Waals surface area contributed by atoms with Crippen molar-refractivity contribution in [2.24, 2.45) is 5.73 Å². The van der Waals surface area contributed by atoms with Crippen LogP contribution >= 0.6 is 15.9 Å². The molecule has 0 saturated heterocycles. The van der Waals surface area contributed by atoms with Crippen LogP contribution in [0.5, 0.6) is 0 Å². The smallest absolute Gasteiger partial charge is 0.123 e. The van der Waals surface area contributed by atoms with Gasteiger partial charge in [0.2, 0.25) is 0 Å². The molecule has 100 valence electrons. The number of nitrogens with two attached hydrogens (primary N) is 1. The van der Waals surface area contributed by atoms with E-state index < -0.39 is 0 Å². The minimum atomic E-state index is -0.303. The van der Waals surface area contributed by atoms with Crippen molar-refractivity contribution in [3.63, 3.8) is 0 Å². The SMILES string of the molecule is NCC(OCc1ccccc1Br)c1cccc(F)c1. The maximum absolute atomic E-state index is 13.2. The number of benzene rings is 2. The van der Waals surface area contributed by atoms with Gasteiger partial charge in [-0.05, 0) is 29.3 Å². The molecular weight excluding hydrogens is 309 g/mol. The molecule has 19 heavy (non-hydrogen) atoms. The van der Waals surface area contributed by atoms with E-state index in [0.717, 1.165) is 15.6 Å². The first kappa shape index (κ1) is 14.2. The standard InChI is InChI=1S/C15H15BrFNO/c16-14-7-2-1-4-12(14)10-19-15(9-18)11-5-3-6-13(17)8-11/h1-8,15H,9-10,18H2. The zero-order valence-electron chi connectivity index (χ0n) is 10.4. The van der Waals surface area contributed by atoms with E-state index in [1.54, 1.807) is 6.07 Å². The molecule has 0 amide bonds. The highest BCUT2D eigenvalue weighted by Gasteiger charge is 2.11. The van der Waals surface area contributed by atoms with Gasteiger partial charge in [-0.1, -0.05) is 46.3 Å². The van der Waals surface area contributed by atoms with Gasteiger partial charge < -0.3 is 10.5 Å². The van der Waals surface area contributed by atoms with Gasteiger partial charge in [0.05, 0.1) is 12.7 Å². The Hall–Kier alpha value is -1.23. The Labute approximate surface area is 120 Å². The number of rotatable bonds is 5. The van der Waals surface area contributed by atoms with E-state index in [1.807, 2.05) is 30.3 Å². The lowest BCUT2D eigenvalue weighted by Gasteiger charge is -2.17. The topological polar surface area (TPSA) is 35.2 Å². The molecule has 2 nitrogen and oxygen atoms in total. The van der Waals surface area contributed by atoms with Gasteiger partial charge >= 0.3 is 0 Å². The molecule has 0 radical (unpaired) electrons.